The van der Waals surface area contributed by atoms with Gasteiger partial charge in [-0.3, -0.25) is 14.4 Å². The maximum absolute atomic E-state index is 11.6. The Labute approximate surface area is 172 Å². The molecule has 0 heterocycles. The fourth-order valence-corrected chi connectivity index (χ4v) is 3.54. The second-order valence-electron chi connectivity index (χ2n) is 6.55. The third-order valence-electron chi connectivity index (χ3n) is 4.28. The van der Waals surface area contributed by atoms with E-state index in [-0.39, 0.29) is 12.5 Å². The highest BCUT2D eigenvalue weighted by atomic mass is 35.5. The van der Waals surface area contributed by atoms with E-state index in [0.29, 0.717) is 27.8 Å². The number of carbonyl (C=O) groups excluding carboxylic acids is 3. The third-order valence-corrected chi connectivity index (χ3v) is 5.00. The zero-order valence-corrected chi connectivity index (χ0v) is 17.2. The minimum absolute atomic E-state index is 0.0140. The first kappa shape index (κ1) is 22.1. The van der Waals surface area contributed by atoms with Gasteiger partial charge in [-0.25, -0.2) is 0 Å². The average molecular weight is 433 g/mol. The van der Waals surface area contributed by atoms with Crippen LogP contribution in [0.3, 0.4) is 0 Å². The molecule has 1 fully saturated rings. The maximum Gasteiger partial charge on any atom is 0.303 e. The molecule has 10 heteroatoms. The lowest BCUT2D eigenvalue weighted by molar-refractivity contribution is -0.167. The Morgan fingerprint density at radius 3 is 2.18 bits per heavy atom. The highest BCUT2D eigenvalue weighted by Gasteiger charge is 2.48. The predicted octanol–water partition coefficient (Wildman–Crippen LogP) is 2.80. The lowest BCUT2D eigenvalue weighted by atomic mass is 10.1. The molecule has 0 aliphatic heterocycles. The van der Waals surface area contributed by atoms with Crippen LogP contribution in [0.1, 0.15) is 27.2 Å². The van der Waals surface area contributed by atoms with Crippen LogP contribution in [-0.2, 0) is 28.6 Å². The lowest BCUT2D eigenvalue weighted by Gasteiger charge is -2.27. The molecule has 1 aliphatic rings. The van der Waals surface area contributed by atoms with Crippen molar-refractivity contribution in [3.05, 3.63) is 22.2 Å². The van der Waals surface area contributed by atoms with Crippen LogP contribution in [0.15, 0.2) is 12.1 Å². The summed E-state index contributed by atoms with van der Waals surface area (Å²) in [6, 6.07) is 2.60. The third kappa shape index (κ3) is 5.65. The molecule has 0 amide bonds. The molecule has 2 rings (SSSR count). The smallest absolute Gasteiger partial charge is 0.303 e. The summed E-state index contributed by atoms with van der Waals surface area (Å²) in [5.41, 5.74) is 6.84. The number of ether oxygens (including phenoxy) is 3. The number of carbonyl (C=O) groups is 3. The van der Waals surface area contributed by atoms with Crippen molar-refractivity contribution in [2.75, 3.05) is 17.7 Å². The van der Waals surface area contributed by atoms with Gasteiger partial charge in [0.2, 0.25) is 0 Å². The van der Waals surface area contributed by atoms with Gasteiger partial charge >= 0.3 is 17.9 Å². The van der Waals surface area contributed by atoms with E-state index in [4.69, 9.17) is 43.1 Å². The Morgan fingerprint density at radius 1 is 1.04 bits per heavy atom. The predicted molar refractivity (Wildman–Crippen MR) is 104 cm³/mol. The number of anilines is 2. The summed E-state index contributed by atoms with van der Waals surface area (Å²) >= 11 is 12.0. The number of benzene rings is 1. The van der Waals surface area contributed by atoms with E-state index in [9.17, 15) is 14.4 Å². The Balaban J connectivity index is 2.31. The molecule has 28 heavy (non-hydrogen) atoms. The van der Waals surface area contributed by atoms with E-state index in [0.717, 1.165) is 0 Å². The average Bonchev–Trinajstić information content (AvgIpc) is 2.86. The minimum atomic E-state index is -0.809. The summed E-state index contributed by atoms with van der Waals surface area (Å²) in [6.45, 7) is 3.81. The molecule has 1 aromatic carbocycles. The van der Waals surface area contributed by atoms with E-state index in [1.165, 1.54) is 26.8 Å². The van der Waals surface area contributed by atoms with Crippen molar-refractivity contribution in [1.29, 1.82) is 0 Å². The first-order chi connectivity index (χ1) is 13.1. The molecule has 1 aromatic rings. The molecule has 0 bridgehead atoms. The zero-order chi connectivity index (χ0) is 21.0. The lowest BCUT2D eigenvalue weighted by Crippen LogP contribution is -2.41. The van der Waals surface area contributed by atoms with Gasteiger partial charge in [-0.2, -0.15) is 0 Å². The van der Waals surface area contributed by atoms with E-state index < -0.39 is 36.2 Å². The molecule has 0 saturated heterocycles. The van der Waals surface area contributed by atoms with Gasteiger partial charge < -0.3 is 25.3 Å². The highest BCUT2D eigenvalue weighted by molar-refractivity contribution is 6.42. The fraction of sp³-hybridized carbons (Fsp3) is 0.500. The highest BCUT2D eigenvalue weighted by Crippen LogP contribution is 2.37. The number of hydrogen-bond donors (Lipinski definition) is 2. The van der Waals surface area contributed by atoms with Crippen LogP contribution < -0.4 is 11.1 Å². The number of hydrogen-bond acceptors (Lipinski definition) is 8. The van der Waals surface area contributed by atoms with E-state index in [2.05, 4.69) is 5.32 Å². The first-order valence-electron chi connectivity index (χ1n) is 8.57. The number of halogens is 2. The van der Waals surface area contributed by atoms with Crippen LogP contribution in [-0.4, -0.2) is 42.8 Å². The van der Waals surface area contributed by atoms with Gasteiger partial charge in [0, 0.05) is 26.7 Å². The number of esters is 3. The summed E-state index contributed by atoms with van der Waals surface area (Å²) in [5, 5.41) is 3.78. The Hall–Kier alpha value is -2.19. The summed E-state index contributed by atoms with van der Waals surface area (Å²) in [7, 11) is 0. The topological polar surface area (TPSA) is 117 Å². The van der Waals surface area contributed by atoms with E-state index in [1.54, 1.807) is 6.07 Å². The van der Waals surface area contributed by atoms with Gasteiger partial charge in [0.25, 0.3) is 0 Å². The largest absolute Gasteiger partial charge is 0.465 e. The van der Waals surface area contributed by atoms with E-state index in [1.807, 2.05) is 0 Å². The van der Waals surface area contributed by atoms with Crippen LogP contribution in [0.25, 0.3) is 0 Å². The van der Waals surface area contributed by atoms with E-state index >= 15 is 0 Å². The molecule has 3 N–H and O–H groups in total. The maximum atomic E-state index is 11.6. The Kier molecular flexibility index (Phi) is 7.37. The van der Waals surface area contributed by atoms with Gasteiger partial charge in [-0.05, 0) is 18.6 Å². The second kappa shape index (κ2) is 9.34. The molecule has 1 aliphatic carbocycles. The Bertz CT molecular complexity index is 773. The molecule has 0 aromatic heterocycles. The molecular weight excluding hydrogens is 411 g/mol. The summed E-state index contributed by atoms with van der Waals surface area (Å²) < 4.78 is 15.9. The number of rotatable bonds is 6. The number of nitrogen functional groups attached to an aromatic ring is 1. The monoisotopic (exact) mass is 432 g/mol. The molecule has 1 saturated carbocycles. The summed E-state index contributed by atoms with van der Waals surface area (Å²) in [6.07, 6.45) is -1.21. The molecule has 8 nitrogen and oxygen atoms in total. The summed E-state index contributed by atoms with van der Waals surface area (Å²) in [5.74, 6) is -1.91. The van der Waals surface area contributed by atoms with Crippen molar-refractivity contribution in [3.8, 4) is 0 Å². The van der Waals surface area contributed by atoms with Crippen molar-refractivity contribution < 1.29 is 28.6 Å². The minimum Gasteiger partial charge on any atom is -0.465 e. The number of nitrogens with two attached hydrogens (primary N) is 1. The van der Waals surface area contributed by atoms with Crippen molar-refractivity contribution in [3.63, 3.8) is 0 Å². The van der Waals surface area contributed by atoms with Gasteiger partial charge in [-0.1, -0.05) is 23.2 Å². The van der Waals surface area contributed by atoms with Gasteiger partial charge in [0.15, 0.2) is 6.10 Å². The standard InChI is InChI=1S/C18H22Cl2N2O6/c1-8(23)26-7-11-4-16(18(28-10(3)25)17(11)27-9(2)24)22-15-6-13(20)12(19)5-14(15)21/h5-6,11,16-18,22H,4,7,21H2,1-3H3. The van der Waals surface area contributed by atoms with Crippen LogP contribution in [0.2, 0.25) is 10.0 Å². The van der Waals surface area contributed by atoms with Crippen molar-refractivity contribution >= 4 is 52.5 Å². The normalized spacial score (nSPS) is 23.8. The molecule has 154 valence electrons. The van der Waals surface area contributed by atoms with Crippen LogP contribution in [0.5, 0.6) is 0 Å². The molecule has 4 unspecified atom stereocenters. The van der Waals surface area contributed by atoms with Crippen LogP contribution >= 0.6 is 23.2 Å². The van der Waals surface area contributed by atoms with Crippen molar-refractivity contribution in [1.82, 2.24) is 0 Å². The number of nitrogens with one attached hydrogen (secondary N) is 1. The summed E-state index contributed by atoms with van der Waals surface area (Å²) in [4.78, 5) is 34.4. The quantitative estimate of drug-likeness (QED) is 0.400. The van der Waals surface area contributed by atoms with Crippen molar-refractivity contribution in [2.24, 2.45) is 5.92 Å². The van der Waals surface area contributed by atoms with Gasteiger partial charge in [0.05, 0.1) is 34.1 Å². The fourth-order valence-electron chi connectivity index (χ4n) is 3.20. The van der Waals surface area contributed by atoms with Crippen molar-refractivity contribution in [2.45, 2.75) is 45.4 Å². The SMILES string of the molecule is CC(=O)OCC1CC(Nc2cc(Cl)c(Cl)cc2N)C(OC(C)=O)C1OC(C)=O. The van der Waals surface area contributed by atoms with Crippen LogP contribution in [0, 0.1) is 5.92 Å². The van der Waals surface area contributed by atoms with Gasteiger partial charge in [0.1, 0.15) is 6.10 Å². The molecule has 4 atom stereocenters. The first-order valence-corrected chi connectivity index (χ1v) is 9.33. The van der Waals surface area contributed by atoms with Gasteiger partial charge in [-0.15, -0.1) is 0 Å². The second-order valence-corrected chi connectivity index (χ2v) is 7.37. The zero-order valence-electron chi connectivity index (χ0n) is 15.7. The van der Waals surface area contributed by atoms with Crippen LogP contribution in [0.4, 0.5) is 11.4 Å². The molecule has 0 spiro atoms. The Morgan fingerprint density at radius 2 is 1.61 bits per heavy atom. The molecule has 0 radical (unpaired) electrons. The molecular formula is C18H22Cl2N2O6.